The van der Waals surface area contributed by atoms with E-state index in [-0.39, 0.29) is 24.8 Å². The van der Waals surface area contributed by atoms with Crippen LogP contribution in [-0.4, -0.2) is 7.63 Å². The molecule has 0 bridgehead atoms. The Morgan fingerprint density at radius 1 is 0.793 bits per heavy atom. The molecule has 0 amide bonds. The average molecular weight is 496 g/mol. The average Bonchev–Trinajstić information content (AvgIpc) is 3.29. The van der Waals surface area contributed by atoms with Crippen molar-refractivity contribution in [1.82, 2.24) is 0 Å². The molecule has 150 valence electrons. The van der Waals surface area contributed by atoms with Crippen LogP contribution in [0.15, 0.2) is 78.9 Å². The molecular formula is C24H25Cl3SiTi. The molecule has 0 aliphatic heterocycles. The zero-order valence-corrected chi connectivity index (χ0v) is 21.7. The summed E-state index contributed by atoms with van der Waals surface area (Å²) in [7, 11) is 10.2. The fourth-order valence-corrected chi connectivity index (χ4v) is 17.8. The Bertz CT molecular complexity index is 1120. The van der Waals surface area contributed by atoms with Gasteiger partial charge in [-0.25, -0.2) is 0 Å². The first kappa shape index (κ1) is 22.9. The Morgan fingerprint density at radius 2 is 1.28 bits per heavy atom. The molecule has 2 aliphatic rings. The molecule has 0 heterocycles. The zero-order chi connectivity index (χ0) is 18.7. The quantitative estimate of drug-likeness (QED) is 0.337. The molecule has 0 nitrogen and oxygen atoms in total. The van der Waals surface area contributed by atoms with Crippen LogP contribution in [0.5, 0.6) is 0 Å². The number of benzene rings is 3. The fourth-order valence-electron chi connectivity index (χ4n) is 5.34. The number of allylic oxidation sites excluding steroid dienone is 1. The summed E-state index contributed by atoms with van der Waals surface area (Å²) < 4.78 is 1.79. The third kappa shape index (κ3) is 3.22. The minimum absolute atomic E-state index is 0. The van der Waals surface area contributed by atoms with Gasteiger partial charge in [0.05, 0.1) is 0 Å². The number of halogens is 3. The molecule has 3 aromatic carbocycles. The minimum atomic E-state index is -3.57. The summed E-state index contributed by atoms with van der Waals surface area (Å²) in [6.07, 6.45) is 4.70. The first-order chi connectivity index (χ1) is 13.0. The summed E-state index contributed by atoms with van der Waals surface area (Å²) in [5, 5.41) is 0. The van der Waals surface area contributed by atoms with E-state index in [4.69, 9.17) is 9.30 Å². The summed E-state index contributed by atoms with van der Waals surface area (Å²) in [4.78, 5) is 0. The SMILES string of the molecule is C[CH2][Ti](=[SiH2])([Cl])([CH]1C=Cc2ccccc21)[CH]1c2ccccc2-c2ccccc21.Cl.Cl. The molecule has 1 unspecified atom stereocenters. The zero-order valence-electron chi connectivity index (χ0n) is 16.3. The van der Waals surface area contributed by atoms with E-state index in [1.54, 1.807) is 0 Å². The number of fused-ring (bicyclic) bond motifs is 4. The molecule has 3 aromatic rings. The van der Waals surface area contributed by atoms with E-state index in [0.29, 0.717) is 8.45 Å². The Hall–Kier alpha value is -0.799. The van der Waals surface area contributed by atoms with E-state index in [1.165, 1.54) is 33.4 Å². The first-order valence-corrected chi connectivity index (χ1v) is 18.8. The maximum atomic E-state index is 8.03. The summed E-state index contributed by atoms with van der Waals surface area (Å²) in [5.74, 6) is 0. The predicted molar refractivity (Wildman–Crippen MR) is 131 cm³/mol. The monoisotopic (exact) mass is 494 g/mol. The van der Waals surface area contributed by atoms with Gasteiger partial charge in [-0.2, -0.15) is 0 Å². The minimum Gasteiger partial charge on any atom is -0.147 e. The van der Waals surface area contributed by atoms with Crippen molar-refractivity contribution in [3.8, 4) is 11.1 Å². The number of hydrogen-bond donors (Lipinski definition) is 0. The van der Waals surface area contributed by atoms with Crippen LogP contribution in [-0.2, 0) is 13.0 Å². The van der Waals surface area contributed by atoms with Crippen molar-refractivity contribution in [2.75, 3.05) is 0 Å². The Labute approximate surface area is 192 Å². The normalized spacial score (nSPS) is 17.0. The van der Waals surface area contributed by atoms with Crippen LogP contribution in [0.2, 0.25) is 4.73 Å². The van der Waals surface area contributed by atoms with E-state index in [0.717, 1.165) is 4.73 Å². The second-order valence-corrected chi connectivity index (χ2v) is 29.2. The van der Waals surface area contributed by atoms with Crippen LogP contribution in [0.3, 0.4) is 0 Å². The van der Waals surface area contributed by atoms with Crippen LogP contribution in [0.1, 0.15) is 37.6 Å². The van der Waals surface area contributed by atoms with Crippen LogP contribution in [0.4, 0.5) is 0 Å². The Kier molecular flexibility index (Phi) is 6.34. The smallest absolute Gasteiger partial charge is 0.147 e. The van der Waals surface area contributed by atoms with Gasteiger partial charge in [0.2, 0.25) is 0 Å². The number of rotatable bonds is 3. The summed E-state index contributed by atoms with van der Waals surface area (Å²) in [6, 6.07) is 26.7. The van der Waals surface area contributed by atoms with Gasteiger partial charge >= 0.3 is 168 Å². The fraction of sp³-hybridized carbons (Fsp3) is 0.167. The summed E-state index contributed by atoms with van der Waals surface area (Å²) >= 11 is -3.57. The van der Waals surface area contributed by atoms with E-state index >= 15 is 0 Å². The molecule has 0 aromatic heterocycles. The van der Waals surface area contributed by atoms with Gasteiger partial charge in [-0.05, 0) is 0 Å². The van der Waals surface area contributed by atoms with Crippen molar-refractivity contribution in [2.24, 2.45) is 0 Å². The van der Waals surface area contributed by atoms with Gasteiger partial charge in [0.15, 0.2) is 0 Å². The van der Waals surface area contributed by atoms with Gasteiger partial charge in [0, 0.05) is 0 Å². The van der Waals surface area contributed by atoms with Gasteiger partial charge in [0.25, 0.3) is 0 Å². The molecular weight excluding hydrogens is 471 g/mol. The molecule has 1 atom stereocenters. The van der Waals surface area contributed by atoms with Crippen LogP contribution in [0, 0.1) is 0 Å². The van der Waals surface area contributed by atoms with Gasteiger partial charge < -0.3 is 0 Å². The number of hydrogen-bond acceptors (Lipinski definition) is 0. The maximum Gasteiger partial charge on any atom is -0.147 e. The largest absolute Gasteiger partial charge is 0.147 e. The van der Waals surface area contributed by atoms with Gasteiger partial charge in [0.1, 0.15) is 0 Å². The van der Waals surface area contributed by atoms with E-state index in [2.05, 4.69) is 99.5 Å². The predicted octanol–water partition coefficient (Wildman–Crippen LogP) is 7.20. The van der Waals surface area contributed by atoms with Crippen molar-refractivity contribution >= 4 is 47.8 Å². The molecule has 5 rings (SSSR count). The molecule has 2 aliphatic carbocycles. The van der Waals surface area contributed by atoms with Gasteiger partial charge in [-0.1, -0.05) is 0 Å². The second-order valence-electron chi connectivity index (χ2n) is 8.15. The summed E-state index contributed by atoms with van der Waals surface area (Å²) in [5.41, 5.74) is 8.43. The molecule has 0 saturated heterocycles. The Morgan fingerprint density at radius 3 is 1.83 bits per heavy atom. The molecule has 5 heteroatoms. The third-order valence-corrected chi connectivity index (χ3v) is 24.0. The molecule has 0 saturated carbocycles. The van der Waals surface area contributed by atoms with Crippen LogP contribution < -0.4 is 0 Å². The third-order valence-electron chi connectivity index (χ3n) is 6.85. The molecule has 0 fully saturated rings. The van der Waals surface area contributed by atoms with E-state index in [9.17, 15) is 0 Å². The van der Waals surface area contributed by atoms with Crippen molar-refractivity contribution < 1.29 is 13.0 Å². The van der Waals surface area contributed by atoms with Crippen molar-refractivity contribution in [2.45, 2.75) is 20.1 Å². The molecule has 0 radical (unpaired) electrons. The van der Waals surface area contributed by atoms with E-state index < -0.39 is 13.0 Å². The van der Waals surface area contributed by atoms with Crippen molar-refractivity contribution in [3.05, 3.63) is 101 Å². The second kappa shape index (κ2) is 8.04. The van der Waals surface area contributed by atoms with Crippen molar-refractivity contribution in [1.29, 1.82) is 0 Å². The van der Waals surface area contributed by atoms with Crippen LogP contribution >= 0.6 is 34.1 Å². The molecule has 0 N–H and O–H groups in total. The first-order valence-electron chi connectivity index (χ1n) is 9.73. The Balaban J connectivity index is 0.00000120. The topological polar surface area (TPSA) is 0 Å². The van der Waals surface area contributed by atoms with Crippen LogP contribution in [0.25, 0.3) is 17.2 Å². The van der Waals surface area contributed by atoms with Gasteiger partial charge in [-0.15, -0.1) is 24.8 Å². The molecule has 0 spiro atoms. The standard InChI is InChI=1S/C13H9.C9H7.C2H5.3ClH.H2Si.Ti/c1-3-7-12-10(5-1)9-11-6-2-4-8-13(11)12;1-2-5-9-7-3-6-8(9)4-1;1-2;;;;;/h1-9H;1-7H;1H2,2H3;3*1H;1H2;/q;;;;;;;+1/p-1. The van der Waals surface area contributed by atoms with Crippen molar-refractivity contribution in [3.63, 3.8) is 0 Å². The van der Waals surface area contributed by atoms with E-state index in [1.807, 2.05) is 0 Å². The summed E-state index contributed by atoms with van der Waals surface area (Å²) in [6.45, 7) is 2.33. The maximum absolute atomic E-state index is 8.03. The molecule has 29 heavy (non-hydrogen) atoms. The van der Waals surface area contributed by atoms with Gasteiger partial charge in [-0.3, -0.25) is 0 Å².